The lowest BCUT2D eigenvalue weighted by Crippen LogP contribution is -2.54. The molecule has 8 nitrogen and oxygen atoms in total. The van der Waals surface area contributed by atoms with E-state index in [0.29, 0.717) is 36.5 Å². The fraction of sp³-hybridized carbons (Fsp3) is 0.640. The van der Waals surface area contributed by atoms with Gasteiger partial charge >= 0.3 is 5.97 Å². The van der Waals surface area contributed by atoms with E-state index in [0.717, 1.165) is 6.42 Å². The van der Waals surface area contributed by atoms with Crippen LogP contribution in [-0.4, -0.2) is 64.8 Å². The van der Waals surface area contributed by atoms with E-state index in [1.807, 2.05) is 13.8 Å². The minimum atomic E-state index is -1.10. The quantitative estimate of drug-likeness (QED) is 0.405. The first kappa shape index (κ1) is 24.9. The van der Waals surface area contributed by atoms with Crippen molar-refractivity contribution in [3.8, 4) is 0 Å². The van der Waals surface area contributed by atoms with Crippen LogP contribution < -0.4 is 5.32 Å². The Kier molecular flexibility index (Phi) is 6.95. The van der Waals surface area contributed by atoms with Crippen LogP contribution in [0.3, 0.4) is 0 Å². The van der Waals surface area contributed by atoms with Gasteiger partial charge in [0.05, 0.1) is 18.1 Å². The molecule has 3 heterocycles. The molecule has 3 fully saturated rings. The molecule has 3 aliphatic heterocycles. The number of amides is 2. The molecule has 3 unspecified atom stereocenters. The van der Waals surface area contributed by atoms with Crippen LogP contribution in [0.4, 0.5) is 5.69 Å². The highest BCUT2D eigenvalue weighted by atomic mass is 35.5. The molecule has 186 valence electrons. The molecule has 1 spiro atoms. The Morgan fingerprint density at radius 1 is 1.26 bits per heavy atom. The Hall–Kier alpha value is -2.16. The number of carbonyl (C=O) groups is 3. The highest BCUT2D eigenvalue weighted by Crippen LogP contribution is 2.65. The van der Waals surface area contributed by atoms with Crippen molar-refractivity contribution in [1.29, 1.82) is 0 Å². The minimum absolute atomic E-state index is 0.0360. The molecule has 0 aliphatic carbocycles. The number of nitrogens with zero attached hydrogens (tertiary/aromatic N) is 1. The van der Waals surface area contributed by atoms with E-state index in [1.54, 1.807) is 36.1 Å². The highest BCUT2D eigenvalue weighted by Gasteiger charge is 2.80. The number of unbranched alkanes of at least 4 members (excludes halogenated alkanes) is 2. The van der Waals surface area contributed by atoms with E-state index < -0.39 is 35.0 Å². The molecule has 9 heteroatoms. The molecule has 1 aromatic rings. The maximum absolute atomic E-state index is 13.8. The Balaban J connectivity index is 1.70. The lowest BCUT2D eigenvalue weighted by molar-refractivity contribution is -0.160. The number of rotatable bonds is 9. The summed E-state index contributed by atoms with van der Waals surface area (Å²) in [6, 6.07) is 5.90. The average Bonchev–Trinajstić information content (AvgIpc) is 3.30. The van der Waals surface area contributed by atoms with E-state index in [1.165, 1.54) is 0 Å². The third-order valence-corrected chi connectivity index (χ3v) is 8.02. The number of esters is 1. The number of hydrogen-bond donors (Lipinski definition) is 2. The summed E-state index contributed by atoms with van der Waals surface area (Å²) in [6.07, 6.45) is 2.48. The number of fused-ring (bicyclic) bond motifs is 1. The number of nitrogens with one attached hydrogen (secondary N) is 1. The third kappa shape index (κ3) is 3.89. The Labute approximate surface area is 204 Å². The Bertz CT molecular complexity index is 955. The van der Waals surface area contributed by atoms with E-state index in [-0.39, 0.29) is 30.9 Å². The average molecular weight is 493 g/mol. The van der Waals surface area contributed by atoms with E-state index >= 15 is 0 Å². The molecule has 0 saturated carbocycles. The van der Waals surface area contributed by atoms with Crippen molar-refractivity contribution < 1.29 is 29.0 Å². The predicted octanol–water partition coefficient (Wildman–Crippen LogP) is 3.01. The molecular formula is C25H33ClN2O6. The summed E-state index contributed by atoms with van der Waals surface area (Å²) >= 11 is 5.98. The largest absolute Gasteiger partial charge is 0.466 e. The number of aliphatic hydroxyl groups excluding tert-OH is 1. The number of aliphatic hydroxyl groups is 1. The number of carbonyl (C=O) groups excluding carboxylic acids is 3. The van der Waals surface area contributed by atoms with Gasteiger partial charge in [-0.25, -0.2) is 0 Å². The molecule has 0 radical (unpaired) electrons. The number of ether oxygens (including phenoxy) is 2. The summed E-state index contributed by atoms with van der Waals surface area (Å²) in [5.74, 6) is -2.61. The molecule has 4 rings (SSSR count). The van der Waals surface area contributed by atoms with Gasteiger partial charge in [0.1, 0.15) is 17.6 Å². The summed E-state index contributed by atoms with van der Waals surface area (Å²) in [4.78, 5) is 42.2. The molecule has 34 heavy (non-hydrogen) atoms. The van der Waals surface area contributed by atoms with Gasteiger partial charge < -0.3 is 24.8 Å². The zero-order chi connectivity index (χ0) is 24.7. The standard InChI is InChI=1S/C25H33ClN2O6/c1-4-33-23(32)19-18-22(31)28(12-6-5-7-13-29)20(25(18)14-15(2)24(19,3)34-25)21(30)27-17-10-8-16(26)9-11-17/h8-11,15,18-20,29H,4-7,12-14H2,1-3H3,(H,27,30)/t15?,18-,19+,20?,24-,25?/m0/s1. The van der Waals surface area contributed by atoms with Crippen LogP contribution in [0.2, 0.25) is 5.02 Å². The minimum Gasteiger partial charge on any atom is -0.466 e. The summed E-state index contributed by atoms with van der Waals surface area (Å²) in [5.41, 5.74) is -1.42. The molecular weight excluding hydrogens is 460 g/mol. The number of hydrogen-bond acceptors (Lipinski definition) is 6. The first-order valence-electron chi connectivity index (χ1n) is 12.0. The molecule has 6 atom stereocenters. The Morgan fingerprint density at radius 2 is 1.97 bits per heavy atom. The summed E-state index contributed by atoms with van der Waals surface area (Å²) in [5, 5.41) is 12.6. The van der Waals surface area contributed by atoms with Crippen molar-refractivity contribution in [3.05, 3.63) is 29.3 Å². The van der Waals surface area contributed by atoms with E-state index in [9.17, 15) is 14.4 Å². The molecule has 3 aliphatic rings. The number of anilines is 1. The SMILES string of the molecule is CCOC(=O)[C@H]1[C@H]2C(=O)N(CCCCCO)C(C(=O)Nc3ccc(Cl)cc3)C23CC(C)[C@]1(C)O3. The lowest BCUT2D eigenvalue weighted by Gasteiger charge is -2.35. The third-order valence-electron chi connectivity index (χ3n) is 7.77. The van der Waals surface area contributed by atoms with Crippen LogP contribution in [-0.2, 0) is 23.9 Å². The molecule has 2 amide bonds. The molecule has 3 saturated heterocycles. The summed E-state index contributed by atoms with van der Waals surface area (Å²) in [6.45, 7) is 6.22. The smallest absolute Gasteiger partial charge is 0.312 e. The first-order valence-corrected chi connectivity index (χ1v) is 12.4. The number of halogens is 1. The second-order valence-electron chi connectivity index (χ2n) is 9.77. The topological polar surface area (TPSA) is 105 Å². The van der Waals surface area contributed by atoms with Gasteiger partial charge in [-0.1, -0.05) is 18.5 Å². The second-order valence-corrected chi connectivity index (χ2v) is 10.2. The zero-order valence-corrected chi connectivity index (χ0v) is 20.6. The fourth-order valence-electron chi connectivity index (χ4n) is 6.18. The van der Waals surface area contributed by atoms with Crippen LogP contribution in [0.5, 0.6) is 0 Å². The van der Waals surface area contributed by atoms with Gasteiger partial charge in [-0.15, -0.1) is 0 Å². The van der Waals surface area contributed by atoms with Gasteiger partial charge in [-0.05, 0) is 69.7 Å². The zero-order valence-electron chi connectivity index (χ0n) is 19.9. The van der Waals surface area contributed by atoms with Crippen molar-refractivity contribution in [1.82, 2.24) is 4.90 Å². The van der Waals surface area contributed by atoms with Crippen LogP contribution in [0, 0.1) is 17.8 Å². The first-order chi connectivity index (χ1) is 16.2. The van der Waals surface area contributed by atoms with E-state index in [2.05, 4.69) is 5.32 Å². The van der Waals surface area contributed by atoms with Crippen LogP contribution >= 0.6 is 11.6 Å². The molecule has 2 N–H and O–H groups in total. The van der Waals surface area contributed by atoms with Gasteiger partial charge in [-0.2, -0.15) is 0 Å². The number of likely N-dealkylation sites (tertiary alicyclic amines) is 1. The predicted molar refractivity (Wildman–Crippen MR) is 126 cm³/mol. The second kappa shape index (κ2) is 9.47. The van der Waals surface area contributed by atoms with Gasteiger partial charge in [0, 0.05) is 23.9 Å². The lowest BCUT2D eigenvalue weighted by atomic mass is 9.62. The fourth-order valence-corrected chi connectivity index (χ4v) is 6.31. The molecule has 0 aromatic heterocycles. The van der Waals surface area contributed by atoms with E-state index in [4.69, 9.17) is 26.2 Å². The van der Waals surface area contributed by atoms with Gasteiger partial charge in [0.25, 0.3) is 0 Å². The van der Waals surface area contributed by atoms with Gasteiger partial charge in [-0.3, -0.25) is 14.4 Å². The van der Waals surface area contributed by atoms with Crippen molar-refractivity contribution in [2.24, 2.45) is 17.8 Å². The van der Waals surface area contributed by atoms with Gasteiger partial charge in [0.2, 0.25) is 11.8 Å². The van der Waals surface area contributed by atoms with Crippen molar-refractivity contribution in [2.75, 3.05) is 25.1 Å². The number of benzene rings is 1. The van der Waals surface area contributed by atoms with Crippen molar-refractivity contribution in [3.63, 3.8) is 0 Å². The maximum atomic E-state index is 13.8. The van der Waals surface area contributed by atoms with Crippen LogP contribution in [0.15, 0.2) is 24.3 Å². The highest BCUT2D eigenvalue weighted by molar-refractivity contribution is 6.30. The van der Waals surface area contributed by atoms with Crippen LogP contribution in [0.1, 0.15) is 46.5 Å². The molecule has 2 bridgehead atoms. The Morgan fingerprint density at radius 3 is 2.62 bits per heavy atom. The monoisotopic (exact) mass is 492 g/mol. The maximum Gasteiger partial charge on any atom is 0.312 e. The molecule has 1 aromatic carbocycles. The van der Waals surface area contributed by atoms with Crippen molar-refractivity contribution in [2.45, 2.75) is 63.7 Å². The van der Waals surface area contributed by atoms with Crippen LogP contribution in [0.25, 0.3) is 0 Å². The summed E-state index contributed by atoms with van der Waals surface area (Å²) in [7, 11) is 0. The summed E-state index contributed by atoms with van der Waals surface area (Å²) < 4.78 is 12.0. The van der Waals surface area contributed by atoms with Gasteiger partial charge in [0.15, 0.2) is 0 Å². The normalized spacial score (nSPS) is 33.8. The van der Waals surface area contributed by atoms with Crippen molar-refractivity contribution >= 4 is 35.1 Å².